The van der Waals surface area contributed by atoms with Gasteiger partial charge >= 0.3 is 0 Å². The molecule has 1 fully saturated rings. The van der Waals surface area contributed by atoms with Crippen LogP contribution in [0.1, 0.15) is 12.8 Å². The molecule has 0 amide bonds. The molecule has 1 unspecified atom stereocenters. The molecule has 0 bridgehead atoms. The van der Waals surface area contributed by atoms with Crippen LogP contribution in [-0.2, 0) is 11.8 Å². The SMILES string of the molecule is COC1CCCN(c2nc(N)c3cnn(C)c3n2)C1. The minimum absolute atomic E-state index is 0.237. The van der Waals surface area contributed by atoms with Gasteiger partial charge in [0.2, 0.25) is 5.95 Å². The van der Waals surface area contributed by atoms with E-state index in [1.807, 2.05) is 7.05 Å². The van der Waals surface area contributed by atoms with Gasteiger partial charge in [-0.05, 0) is 12.8 Å². The summed E-state index contributed by atoms with van der Waals surface area (Å²) in [6, 6.07) is 0. The highest BCUT2D eigenvalue weighted by Gasteiger charge is 2.22. The quantitative estimate of drug-likeness (QED) is 0.851. The van der Waals surface area contributed by atoms with E-state index in [0.29, 0.717) is 11.8 Å². The summed E-state index contributed by atoms with van der Waals surface area (Å²) in [6.07, 6.45) is 4.09. The van der Waals surface area contributed by atoms with Gasteiger partial charge in [-0.15, -0.1) is 0 Å². The average molecular weight is 262 g/mol. The Morgan fingerprint density at radius 3 is 3.05 bits per heavy atom. The molecular weight excluding hydrogens is 244 g/mol. The van der Waals surface area contributed by atoms with Crippen LogP contribution in [0.4, 0.5) is 11.8 Å². The van der Waals surface area contributed by atoms with Crippen molar-refractivity contribution < 1.29 is 4.74 Å². The van der Waals surface area contributed by atoms with E-state index in [0.717, 1.165) is 37.0 Å². The Kier molecular flexibility index (Phi) is 2.98. The van der Waals surface area contributed by atoms with Gasteiger partial charge in [-0.25, -0.2) is 0 Å². The van der Waals surface area contributed by atoms with Crippen molar-refractivity contribution in [3.8, 4) is 0 Å². The van der Waals surface area contributed by atoms with Crippen LogP contribution in [0, 0.1) is 0 Å². The Labute approximate surface area is 111 Å². The Bertz CT molecular complexity index is 595. The number of rotatable bonds is 2. The molecule has 7 heteroatoms. The molecule has 3 heterocycles. The predicted octanol–water partition coefficient (Wildman–Crippen LogP) is 0.561. The Balaban J connectivity index is 1.98. The molecule has 0 spiro atoms. The zero-order valence-corrected chi connectivity index (χ0v) is 11.2. The van der Waals surface area contributed by atoms with Crippen molar-refractivity contribution in [3.05, 3.63) is 6.20 Å². The summed E-state index contributed by atoms with van der Waals surface area (Å²) in [4.78, 5) is 11.1. The number of hydrogen-bond donors (Lipinski definition) is 1. The van der Waals surface area contributed by atoms with E-state index in [1.54, 1.807) is 18.0 Å². The number of nitrogens with two attached hydrogens (primary N) is 1. The van der Waals surface area contributed by atoms with Gasteiger partial charge in [-0.2, -0.15) is 15.1 Å². The van der Waals surface area contributed by atoms with Crippen LogP contribution in [0.5, 0.6) is 0 Å². The van der Waals surface area contributed by atoms with Crippen LogP contribution in [0.15, 0.2) is 6.20 Å². The smallest absolute Gasteiger partial charge is 0.229 e. The Morgan fingerprint density at radius 2 is 2.26 bits per heavy atom. The Hall–Kier alpha value is -1.89. The fourth-order valence-electron chi connectivity index (χ4n) is 2.49. The van der Waals surface area contributed by atoms with Gasteiger partial charge in [-0.1, -0.05) is 0 Å². The maximum absolute atomic E-state index is 5.98. The number of aromatic nitrogens is 4. The number of ether oxygens (including phenoxy) is 1. The first-order chi connectivity index (χ1) is 9.19. The van der Waals surface area contributed by atoms with Crippen LogP contribution in [0.3, 0.4) is 0 Å². The van der Waals surface area contributed by atoms with Gasteiger partial charge in [0.15, 0.2) is 5.65 Å². The fourth-order valence-corrected chi connectivity index (χ4v) is 2.49. The number of anilines is 2. The van der Waals surface area contributed by atoms with E-state index in [1.165, 1.54) is 0 Å². The number of aryl methyl sites for hydroxylation is 1. The van der Waals surface area contributed by atoms with Crippen LogP contribution in [0.2, 0.25) is 0 Å². The highest BCUT2D eigenvalue weighted by atomic mass is 16.5. The summed E-state index contributed by atoms with van der Waals surface area (Å²) in [7, 11) is 3.60. The highest BCUT2D eigenvalue weighted by Crippen LogP contribution is 2.23. The van der Waals surface area contributed by atoms with Crippen molar-refractivity contribution in [3.63, 3.8) is 0 Å². The average Bonchev–Trinajstić information content (AvgIpc) is 2.81. The zero-order valence-electron chi connectivity index (χ0n) is 11.2. The molecule has 2 aromatic heterocycles. The lowest BCUT2D eigenvalue weighted by Gasteiger charge is -2.31. The van der Waals surface area contributed by atoms with E-state index in [2.05, 4.69) is 20.0 Å². The minimum atomic E-state index is 0.237. The lowest BCUT2D eigenvalue weighted by Crippen LogP contribution is -2.40. The first-order valence-corrected chi connectivity index (χ1v) is 6.42. The van der Waals surface area contributed by atoms with Crippen LogP contribution < -0.4 is 10.6 Å². The molecule has 7 nitrogen and oxygen atoms in total. The molecule has 0 aliphatic carbocycles. The third kappa shape index (κ3) is 2.10. The van der Waals surface area contributed by atoms with Crippen LogP contribution >= 0.6 is 0 Å². The van der Waals surface area contributed by atoms with Crippen molar-refractivity contribution in [1.29, 1.82) is 0 Å². The molecule has 0 radical (unpaired) electrons. The van der Waals surface area contributed by atoms with Crippen LogP contribution in [0.25, 0.3) is 11.0 Å². The number of nitrogen functional groups attached to an aromatic ring is 1. The summed E-state index contributed by atoms with van der Waals surface area (Å²) in [5.74, 6) is 1.14. The fraction of sp³-hybridized carbons (Fsp3) is 0.583. The van der Waals surface area contributed by atoms with Crippen LogP contribution in [-0.4, -0.2) is 46.1 Å². The molecule has 1 aliphatic heterocycles. The lowest BCUT2D eigenvalue weighted by molar-refractivity contribution is 0.0889. The largest absolute Gasteiger partial charge is 0.383 e. The molecule has 2 aromatic rings. The molecule has 2 N–H and O–H groups in total. The summed E-state index contributed by atoms with van der Waals surface area (Å²) in [6.45, 7) is 1.74. The third-order valence-corrected chi connectivity index (χ3v) is 3.60. The number of methoxy groups -OCH3 is 1. The predicted molar refractivity (Wildman–Crippen MR) is 73.0 cm³/mol. The van der Waals surface area contributed by atoms with E-state index in [9.17, 15) is 0 Å². The maximum atomic E-state index is 5.98. The third-order valence-electron chi connectivity index (χ3n) is 3.60. The Morgan fingerprint density at radius 1 is 1.42 bits per heavy atom. The second-order valence-corrected chi connectivity index (χ2v) is 4.86. The second kappa shape index (κ2) is 4.65. The van der Waals surface area contributed by atoms with E-state index >= 15 is 0 Å². The van der Waals surface area contributed by atoms with Gasteiger partial charge in [0.1, 0.15) is 5.82 Å². The number of hydrogen-bond acceptors (Lipinski definition) is 6. The van der Waals surface area contributed by atoms with Crippen molar-refractivity contribution in [2.75, 3.05) is 30.8 Å². The summed E-state index contributed by atoms with van der Waals surface area (Å²) >= 11 is 0. The molecule has 1 saturated heterocycles. The van der Waals surface area contributed by atoms with Crippen molar-refractivity contribution in [1.82, 2.24) is 19.7 Å². The summed E-state index contributed by atoms with van der Waals surface area (Å²) < 4.78 is 7.14. The number of nitrogens with zero attached hydrogens (tertiary/aromatic N) is 5. The van der Waals surface area contributed by atoms with Gasteiger partial charge in [-0.3, -0.25) is 4.68 Å². The molecule has 0 saturated carbocycles. The molecule has 1 aliphatic rings. The first kappa shape index (κ1) is 12.2. The minimum Gasteiger partial charge on any atom is -0.383 e. The lowest BCUT2D eigenvalue weighted by atomic mass is 10.1. The second-order valence-electron chi connectivity index (χ2n) is 4.86. The van der Waals surface area contributed by atoms with E-state index in [4.69, 9.17) is 10.5 Å². The molecular formula is C12H18N6O. The van der Waals surface area contributed by atoms with Gasteiger partial charge in [0.25, 0.3) is 0 Å². The standard InChI is InChI=1S/C12H18N6O/c1-17-11-9(6-14-17)10(13)15-12(16-11)18-5-3-4-8(7-18)19-2/h6,8H,3-5,7H2,1-2H3,(H2,13,15,16). The normalized spacial score (nSPS) is 20.1. The first-order valence-electron chi connectivity index (χ1n) is 6.42. The van der Waals surface area contributed by atoms with E-state index in [-0.39, 0.29) is 6.10 Å². The molecule has 102 valence electrons. The number of fused-ring (bicyclic) bond motifs is 1. The van der Waals surface area contributed by atoms with Gasteiger partial charge in [0, 0.05) is 27.2 Å². The van der Waals surface area contributed by atoms with Crippen molar-refractivity contribution in [2.24, 2.45) is 7.05 Å². The molecule has 3 rings (SSSR count). The molecule has 0 aromatic carbocycles. The maximum Gasteiger partial charge on any atom is 0.229 e. The summed E-state index contributed by atoms with van der Waals surface area (Å²) in [5.41, 5.74) is 6.75. The van der Waals surface area contributed by atoms with Crippen molar-refractivity contribution >= 4 is 22.8 Å². The molecule has 1 atom stereocenters. The van der Waals surface area contributed by atoms with Crippen molar-refractivity contribution in [2.45, 2.75) is 18.9 Å². The van der Waals surface area contributed by atoms with E-state index < -0.39 is 0 Å². The highest BCUT2D eigenvalue weighted by molar-refractivity contribution is 5.86. The van der Waals surface area contributed by atoms with Gasteiger partial charge < -0.3 is 15.4 Å². The topological polar surface area (TPSA) is 82.1 Å². The van der Waals surface area contributed by atoms with Gasteiger partial charge in [0.05, 0.1) is 17.7 Å². The molecule has 19 heavy (non-hydrogen) atoms. The summed E-state index contributed by atoms with van der Waals surface area (Å²) in [5, 5.41) is 4.96. The number of piperidine rings is 1. The zero-order chi connectivity index (χ0) is 13.4. The monoisotopic (exact) mass is 262 g/mol.